The maximum absolute atomic E-state index is 13.1. The van der Waals surface area contributed by atoms with Crippen LogP contribution in [-0.2, 0) is 17.5 Å². The molecule has 1 aliphatic rings. The standard InChI is InChI=1S/C15H16F3N3O/c16-15(17,18)14-20-11-6-1-2-7-12(11)21(14)9-13(22)19-8-10-4-3-5-10/h1-2,6-7,10H,3-5,8-9H2,(H,19,22). The van der Waals surface area contributed by atoms with Crippen LogP contribution in [0.15, 0.2) is 24.3 Å². The van der Waals surface area contributed by atoms with E-state index in [9.17, 15) is 18.0 Å². The van der Waals surface area contributed by atoms with Gasteiger partial charge in [0.25, 0.3) is 0 Å². The minimum atomic E-state index is -4.59. The molecule has 2 aromatic rings. The molecule has 0 aliphatic heterocycles. The second kappa shape index (κ2) is 5.62. The van der Waals surface area contributed by atoms with Crippen LogP contribution in [0.5, 0.6) is 0 Å². The van der Waals surface area contributed by atoms with E-state index >= 15 is 0 Å². The van der Waals surface area contributed by atoms with Crippen molar-refractivity contribution in [1.82, 2.24) is 14.9 Å². The van der Waals surface area contributed by atoms with Gasteiger partial charge < -0.3 is 9.88 Å². The molecule has 1 aliphatic carbocycles. The fourth-order valence-electron chi connectivity index (χ4n) is 2.61. The monoisotopic (exact) mass is 311 g/mol. The molecule has 1 fully saturated rings. The summed E-state index contributed by atoms with van der Waals surface area (Å²) in [5.74, 6) is -0.987. The third kappa shape index (κ3) is 2.93. The number of para-hydroxylation sites is 2. The Morgan fingerprint density at radius 3 is 2.68 bits per heavy atom. The molecule has 7 heteroatoms. The third-order valence-corrected chi connectivity index (χ3v) is 4.02. The molecule has 1 aromatic heterocycles. The van der Waals surface area contributed by atoms with Gasteiger partial charge in [0.2, 0.25) is 11.7 Å². The Hall–Kier alpha value is -2.05. The topological polar surface area (TPSA) is 46.9 Å². The average molecular weight is 311 g/mol. The molecule has 1 amide bonds. The van der Waals surface area contributed by atoms with Crippen molar-refractivity contribution < 1.29 is 18.0 Å². The van der Waals surface area contributed by atoms with Gasteiger partial charge in [0.1, 0.15) is 6.54 Å². The van der Waals surface area contributed by atoms with E-state index in [0.717, 1.165) is 23.8 Å². The van der Waals surface area contributed by atoms with Crippen molar-refractivity contribution >= 4 is 16.9 Å². The molecule has 118 valence electrons. The van der Waals surface area contributed by atoms with Crippen LogP contribution in [0, 0.1) is 5.92 Å². The van der Waals surface area contributed by atoms with E-state index in [4.69, 9.17) is 0 Å². The van der Waals surface area contributed by atoms with Gasteiger partial charge in [-0.3, -0.25) is 4.79 Å². The van der Waals surface area contributed by atoms with Gasteiger partial charge in [0.05, 0.1) is 11.0 Å². The Morgan fingerprint density at radius 1 is 1.32 bits per heavy atom. The van der Waals surface area contributed by atoms with Gasteiger partial charge in [-0.1, -0.05) is 18.6 Å². The molecule has 22 heavy (non-hydrogen) atoms. The lowest BCUT2D eigenvalue weighted by molar-refractivity contribution is -0.147. The van der Waals surface area contributed by atoms with Crippen LogP contribution in [-0.4, -0.2) is 22.0 Å². The van der Waals surface area contributed by atoms with Crippen molar-refractivity contribution in [2.45, 2.75) is 32.0 Å². The van der Waals surface area contributed by atoms with Gasteiger partial charge in [-0.05, 0) is 30.9 Å². The minimum Gasteiger partial charge on any atom is -0.354 e. The smallest absolute Gasteiger partial charge is 0.354 e. The fourth-order valence-corrected chi connectivity index (χ4v) is 2.61. The number of rotatable bonds is 4. The molecule has 0 atom stereocenters. The van der Waals surface area contributed by atoms with Crippen molar-refractivity contribution in [2.75, 3.05) is 6.54 Å². The van der Waals surface area contributed by atoms with Crippen molar-refractivity contribution in [1.29, 1.82) is 0 Å². The normalized spacial score (nSPS) is 15.8. The zero-order chi connectivity index (χ0) is 15.7. The van der Waals surface area contributed by atoms with Crippen LogP contribution in [0.4, 0.5) is 13.2 Å². The number of alkyl halides is 3. The summed E-state index contributed by atoms with van der Waals surface area (Å²) in [7, 11) is 0. The number of halogens is 3. The molecule has 0 saturated heterocycles. The molecule has 1 saturated carbocycles. The molecule has 0 unspecified atom stereocenters. The van der Waals surface area contributed by atoms with Gasteiger partial charge in [-0.25, -0.2) is 4.98 Å². The van der Waals surface area contributed by atoms with Crippen LogP contribution in [0.25, 0.3) is 11.0 Å². The predicted molar refractivity (Wildman–Crippen MR) is 75.1 cm³/mol. The molecule has 1 heterocycles. The predicted octanol–water partition coefficient (Wildman–Crippen LogP) is 2.97. The maximum Gasteiger partial charge on any atom is 0.449 e. The first-order valence-electron chi connectivity index (χ1n) is 7.24. The number of hydrogen-bond donors (Lipinski definition) is 1. The van der Waals surface area contributed by atoms with Crippen molar-refractivity contribution in [3.05, 3.63) is 30.1 Å². The second-order valence-corrected chi connectivity index (χ2v) is 5.61. The lowest BCUT2D eigenvalue weighted by Gasteiger charge is -2.25. The molecule has 3 rings (SSSR count). The lowest BCUT2D eigenvalue weighted by Crippen LogP contribution is -2.35. The first-order valence-corrected chi connectivity index (χ1v) is 7.24. The summed E-state index contributed by atoms with van der Waals surface area (Å²) >= 11 is 0. The van der Waals surface area contributed by atoms with Gasteiger partial charge in [0, 0.05) is 6.54 Å². The number of carbonyl (C=O) groups is 1. The minimum absolute atomic E-state index is 0.238. The quantitative estimate of drug-likeness (QED) is 0.943. The highest BCUT2D eigenvalue weighted by atomic mass is 19.4. The number of benzene rings is 1. The van der Waals surface area contributed by atoms with Gasteiger partial charge in [-0.15, -0.1) is 0 Å². The summed E-state index contributed by atoms with van der Waals surface area (Å²) in [4.78, 5) is 15.6. The number of fused-ring (bicyclic) bond motifs is 1. The van der Waals surface area contributed by atoms with E-state index in [1.54, 1.807) is 12.1 Å². The summed E-state index contributed by atoms with van der Waals surface area (Å²) in [5.41, 5.74) is 0.551. The fraction of sp³-hybridized carbons (Fsp3) is 0.467. The molecule has 4 nitrogen and oxygen atoms in total. The molecule has 1 aromatic carbocycles. The zero-order valence-electron chi connectivity index (χ0n) is 11.9. The molecule has 1 N–H and O–H groups in total. The summed E-state index contributed by atoms with van der Waals surface area (Å²) < 4.78 is 40.2. The summed E-state index contributed by atoms with van der Waals surface area (Å²) in [5, 5.41) is 2.71. The summed E-state index contributed by atoms with van der Waals surface area (Å²) in [6, 6.07) is 6.30. The van der Waals surface area contributed by atoms with Crippen molar-refractivity contribution in [3.63, 3.8) is 0 Å². The number of imidazole rings is 1. The second-order valence-electron chi connectivity index (χ2n) is 5.61. The Labute approximate surface area is 125 Å². The Morgan fingerprint density at radius 2 is 2.05 bits per heavy atom. The molecule has 0 bridgehead atoms. The highest BCUT2D eigenvalue weighted by molar-refractivity contribution is 5.81. The van der Waals surface area contributed by atoms with Crippen molar-refractivity contribution in [2.24, 2.45) is 5.92 Å². The first-order chi connectivity index (χ1) is 10.4. The molecule has 0 spiro atoms. The van der Waals surface area contributed by atoms with E-state index < -0.39 is 17.9 Å². The Balaban J connectivity index is 1.82. The van der Waals surface area contributed by atoms with Crippen LogP contribution in [0.1, 0.15) is 25.1 Å². The summed E-state index contributed by atoms with van der Waals surface area (Å²) in [6.07, 6.45) is -1.29. The average Bonchev–Trinajstić information content (AvgIpc) is 2.76. The molecule has 0 radical (unpaired) electrons. The molecular weight excluding hydrogens is 295 g/mol. The van der Waals surface area contributed by atoms with E-state index in [1.807, 2.05) is 0 Å². The van der Waals surface area contributed by atoms with E-state index in [-0.39, 0.29) is 12.1 Å². The van der Waals surface area contributed by atoms with Crippen LogP contribution in [0.2, 0.25) is 0 Å². The van der Waals surface area contributed by atoms with Crippen molar-refractivity contribution in [3.8, 4) is 0 Å². The van der Waals surface area contributed by atoms with E-state index in [0.29, 0.717) is 18.0 Å². The van der Waals surface area contributed by atoms with Crippen LogP contribution in [0.3, 0.4) is 0 Å². The lowest BCUT2D eigenvalue weighted by atomic mass is 9.85. The number of nitrogens with zero attached hydrogens (tertiary/aromatic N) is 2. The van der Waals surface area contributed by atoms with Gasteiger partial charge in [-0.2, -0.15) is 13.2 Å². The number of nitrogens with one attached hydrogen (secondary N) is 1. The maximum atomic E-state index is 13.1. The third-order valence-electron chi connectivity index (χ3n) is 4.02. The Kier molecular flexibility index (Phi) is 3.80. The number of hydrogen-bond acceptors (Lipinski definition) is 2. The van der Waals surface area contributed by atoms with E-state index in [2.05, 4.69) is 10.3 Å². The Bertz CT molecular complexity index is 689. The number of carbonyl (C=O) groups excluding carboxylic acids is 1. The number of aromatic nitrogens is 2. The highest BCUT2D eigenvalue weighted by Crippen LogP contribution is 2.31. The van der Waals surface area contributed by atoms with Crippen LogP contribution < -0.4 is 5.32 Å². The zero-order valence-corrected chi connectivity index (χ0v) is 11.9. The SMILES string of the molecule is O=C(Cn1c(C(F)(F)F)nc2ccccc21)NCC1CCC1. The van der Waals surface area contributed by atoms with Crippen LogP contribution >= 0.6 is 0 Å². The highest BCUT2D eigenvalue weighted by Gasteiger charge is 2.38. The summed E-state index contributed by atoms with van der Waals surface area (Å²) in [6.45, 7) is 0.162. The first kappa shape index (κ1) is 14.9. The van der Waals surface area contributed by atoms with Gasteiger partial charge >= 0.3 is 6.18 Å². The molecular formula is C15H16F3N3O. The largest absolute Gasteiger partial charge is 0.449 e. The van der Waals surface area contributed by atoms with E-state index in [1.165, 1.54) is 12.1 Å². The van der Waals surface area contributed by atoms with Gasteiger partial charge in [0.15, 0.2) is 0 Å². The number of amides is 1.